The molecule has 0 aliphatic carbocycles. The highest BCUT2D eigenvalue weighted by atomic mass is 19.1. The summed E-state index contributed by atoms with van der Waals surface area (Å²) in [6.07, 6.45) is 5.15. The normalized spacial score (nSPS) is 16.9. The Balaban J connectivity index is 1.81. The van der Waals surface area contributed by atoms with Crippen LogP contribution in [0.1, 0.15) is 66.2 Å². The van der Waals surface area contributed by atoms with E-state index >= 15 is 0 Å². The van der Waals surface area contributed by atoms with Crippen LogP contribution in [0.25, 0.3) is 10.9 Å². The molecule has 2 aromatic carbocycles. The van der Waals surface area contributed by atoms with E-state index in [-0.39, 0.29) is 41.5 Å². The van der Waals surface area contributed by atoms with Crippen LogP contribution in [-0.2, 0) is 15.9 Å². The molecule has 1 fully saturated rings. The number of hydrogen-bond acceptors (Lipinski definition) is 5. The van der Waals surface area contributed by atoms with E-state index in [1.807, 2.05) is 10.6 Å². The van der Waals surface area contributed by atoms with Gasteiger partial charge in [-0.3, -0.25) is 9.59 Å². The predicted octanol–water partition coefficient (Wildman–Crippen LogP) is 5.60. The van der Waals surface area contributed by atoms with Crippen molar-refractivity contribution in [3.05, 3.63) is 74.8 Å². The molecule has 1 aromatic heterocycles. The Labute approximate surface area is 211 Å². The van der Waals surface area contributed by atoms with Crippen molar-refractivity contribution >= 4 is 17.2 Å². The fraction of sp³-hybridized carbons (Fsp3) is 0.448. The third-order valence-electron chi connectivity index (χ3n) is 6.96. The van der Waals surface area contributed by atoms with Crippen molar-refractivity contribution in [2.24, 2.45) is 5.92 Å². The highest BCUT2D eigenvalue weighted by molar-refractivity contribution is 5.88. The lowest BCUT2D eigenvalue weighted by atomic mass is 9.98. The van der Waals surface area contributed by atoms with Crippen molar-refractivity contribution < 1.29 is 23.4 Å². The lowest BCUT2D eigenvalue weighted by Crippen LogP contribution is -2.29. The Bertz CT molecular complexity index is 1290. The lowest BCUT2D eigenvalue weighted by molar-refractivity contribution is -0.169. The van der Waals surface area contributed by atoms with Crippen molar-refractivity contribution in [2.75, 3.05) is 20.3 Å². The Morgan fingerprint density at radius 2 is 2.03 bits per heavy atom. The number of aryl methyl sites for hydroxylation is 1. The number of carbonyl (C=O) groups is 1. The van der Waals surface area contributed by atoms with Gasteiger partial charge in [-0.1, -0.05) is 32.0 Å². The summed E-state index contributed by atoms with van der Waals surface area (Å²) >= 11 is 0. The Morgan fingerprint density at radius 1 is 1.22 bits per heavy atom. The number of aldehydes is 1. The number of carbonyl (C=O) groups excluding carboxylic acids is 1. The van der Waals surface area contributed by atoms with Gasteiger partial charge in [0, 0.05) is 30.7 Å². The molecular formula is C29H34FNO5. The van der Waals surface area contributed by atoms with Gasteiger partial charge in [0.15, 0.2) is 18.0 Å². The first kappa shape index (κ1) is 26.0. The molecule has 0 radical (unpaired) electrons. The molecule has 1 aliphatic rings. The minimum Gasteiger partial charge on any atom is -0.496 e. The molecule has 1 unspecified atom stereocenters. The standard InChI is InChI=1S/C29H34FNO5/c1-18(2)25(17-36-27-10-5-6-11-35-27)31-15-22(16-32)29(33)23-13-21(26(34-4)14-24(23)31)12-20-9-7-8-19(3)28(20)30/h7-9,13-16,18,25,27H,5-6,10-12,17H2,1-4H3/t25-,27?/m1/s1. The highest BCUT2D eigenvalue weighted by Gasteiger charge is 2.24. The van der Waals surface area contributed by atoms with Gasteiger partial charge in [0.1, 0.15) is 11.6 Å². The van der Waals surface area contributed by atoms with Crippen molar-refractivity contribution in [1.82, 2.24) is 4.57 Å². The SMILES string of the molecule is COc1cc2c(cc1Cc1cccc(C)c1F)c(=O)c(C=O)cn2[C@H](COC1CCCCO1)C(C)C. The van der Waals surface area contributed by atoms with Crippen molar-refractivity contribution in [2.45, 2.75) is 58.8 Å². The maximum absolute atomic E-state index is 14.8. The minimum atomic E-state index is -0.357. The van der Waals surface area contributed by atoms with Gasteiger partial charge in [-0.2, -0.15) is 0 Å². The van der Waals surface area contributed by atoms with Crippen molar-refractivity contribution in [3.63, 3.8) is 0 Å². The average molecular weight is 496 g/mol. The third-order valence-corrected chi connectivity index (χ3v) is 6.96. The van der Waals surface area contributed by atoms with E-state index in [2.05, 4.69) is 13.8 Å². The number of ether oxygens (including phenoxy) is 3. The number of fused-ring (bicyclic) bond motifs is 1. The van der Waals surface area contributed by atoms with Crippen molar-refractivity contribution in [1.29, 1.82) is 0 Å². The molecule has 7 heteroatoms. The Hall–Kier alpha value is -3.03. The third kappa shape index (κ3) is 5.37. The van der Waals surface area contributed by atoms with Gasteiger partial charge in [-0.15, -0.1) is 0 Å². The quantitative estimate of drug-likeness (QED) is 0.362. The van der Waals surface area contributed by atoms with Crippen LogP contribution in [0.15, 0.2) is 41.3 Å². The molecule has 6 nitrogen and oxygen atoms in total. The van der Waals surface area contributed by atoms with Crippen LogP contribution < -0.4 is 10.2 Å². The smallest absolute Gasteiger partial charge is 0.199 e. The van der Waals surface area contributed by atoms with Crippen LogP contribution in [-0.4, -0.2) is 37.5 Å². The summed E-state index contributed by atoms with van der Waals surface area (Å²) in [4.78, 5) is 25.1. The van der Waals surface area contributed by atoms with Gasteiger partial charge >= 0.3 is 0 Å². The second-order valence-corrected chi connectivity index (χ2v) is 9.79. The van der Waals surface area contributed by atoms with E-state index in [1.54, 1.807) is 44.5 Å². The largest absolute Gasteiger partial charge is 0.496 e. The number of hydrogen-bond donors (Lipinski definition) is 0. The van der Waals surface area contributed by atoms with Crippen LogP contribution in [0.5, 0.6) is 5.75 Å². The number of pyridine rings is 1. The highest BCUT2D eigenvalue weighted by Crippen LogP contribution is 2.31. The number of aromatic nitrogens is 1. The first-order valence-electron chi connectivity index (χ1n) is 12.5. The lowest BCUT2D eigenvalue weighted by Gasteiger charge is -2.30. The maximum Gasteiger partial charge on any atom is 0.199 e. The number of nitrogens with zero attached hydrogens (tertiary/aromatic N) is 1. The van der Waals surface area contributed by atoms with Crippen LogP contribution in [0.3, 0.4) is 0 Å². The van der Waals surface area contributed by atoms with Gasteiger partial charge in [0.05, 0.1) is 30.8 Å². The summed E-state index contributed by atoms with van der Waals surface area (Å²) in [6.45, 7) is 6.93. The topological polar surface area (TPSA) is 66.8 Å². The Morgan fingerprint density at radius 3 is 2.69 bits per heavy atom. The summed E-state index contributed by atoms with van der Waals surface area (Å²) in [7, 11) is 1.56. The number of benzene rings is 2. The molecule has 36 heavy (non-hydrogen) atoms. The van der Waals surface area contributed by atoms with Crippen LogP contribution >= 0.6 is 0 Å². The molecule has 0 spiro atoms. The summed E-state index contributed by atoms with van der Waals surface area (Å²) in [5, 5.41) is 0.392. The summed E-state index contributed by atoms with van der Waals surface area (Å²) in [5.74, 6) is 0.418. The van der Waals surface area contributed by atoms with E-state index in [0.717, 1.165) is 19.3 Å². The van der Waals surface area contributed by atoms with Gasteiger partial charge < -0.3 is 18.8 Å². The zero-order chi connectivity index (χ0) is 25.8. The summed E-state index contributed by atoms with van der Waals surface area (Å²) in [5.41, 5.74) is 2.10. The van der Waals surface area contributed by atoms with Gasteiger partial charge in [-0.25, -0.2) is 4.39 Å². The summed E-state index contributed by atoms with van der Waals surface area (Å²) in [6, 6.07) is 8.64. The Kier molecular flexibility index (Phi) is 8.21. The van der Waals surface area contributed by atoms with E-state index in [9.17, 15) is 14.0 Å². The fourth-order valence-electron chi connectivity index (χ4n) is 4.82. The second-order valence-electron chi connectivity index (χ2n) is 9.79. The van der Waals surface area contributed by atoms with Crippen molar-refractivity contribution in [3.8, 4) is 5.75 Å². The maximum atomic E-state index is 14.8. The first-order valence-corrected chi connectivity index (χ1v) is 12.5. The number of halogens is 1. The zero-order valence-corrected chi connectivity index (χ0v) is 21.4. The zero-order valence-electron chi connectivity index (χ0n) is 21.4. The molecule has 3 aromatic rings. The first-order chi connectivity index (χ1) is 17.3. The van der Waals surface area contributed by atoms with Crippen LogP contribution in [0, 0.1) is 18.7 Å². The number of rotatable bonds is 9. The van der Waals surface area contributed by atoms with Gasteiger partial charge in [0.2, 0.25) is 0 Å². The van der Waals surface area contributed by atoms with E-state index in [1.165, 1.54) is 0 Å². The van der Waals surface area contributed by atoms with Crippen LogP contribution in [0.4, 0.5) is 4.39 Å². The predicted molar refractivity (Wildman–Crippen MR) is 138 cm³/mol. The fourth-order valence-corrected chi connectivity index (χ4v) is 4.82. The minimum absolute atomic E-state index is 0.0694. The van der Waals surface area contributed by atoms with Gasteiger partial charge in [0.25, 0.3) is 0 Å². The molecule has 2 heterocycles. The monoisotopic (exact) mass is 495 g/mol. The average Bonchev–Trinajstić information content (AvgIpc) is 2.88. The molecule has 1 aliphatic heterocycles. The molecule has 1 saturated heterocycles. The van der Waals surface area contributed by atoms with E-state index in [4.69, 9.17) is 14.2 Å². The summed E-state index contributed by atoms with van der Waals surface area (Å²) < 4.78 is 34.2. The number of methoxy groups -OCH3 is 1. The van der Waals surface area contributed by atoms with Gasteiger partial charge in [-0.05, 0) is 54.9 Å². The molecule has 192 valence electrons. The van der Waals surface area contributed by atoms with Crippen LogP contribution in [0.2, 0.25) is 0 Å². The van der Waals surface area contributed by atoms with E-state index in [0.29, 0.717) is 52.8 Å². The molecule has 0 amide bonds. The molecule has 2 atom stereocenters. The molecule has 4 rings (SSSR count). The molecule has 0 saturated carbocycles. The molecular weight excluding hydrogens is 461 g/mol. The molecule has 0 N–H and O–H groups in total. The second kappa shape index (κ2) is 11.4. The van der Waals surface area contributed by atoms with E-state index < -0.39 is 0 Å². The molecule has 0 bridgehead atoms.